The molecule has 0 fully saturated rings. The molecule has 1 N–H and O–H groups in total. The van der Waals surface area contributed by atoms with Crippen molar-refractivity contribution >= 4 is 28.9 Å². The van der Waals surface area contributed by atoms with E-state index in [4.69, 9.17) is 11.6 Å². The van der Waals surface area contributed by atoms with Crippen LogP contribution in [-0.2, 0) is 0 Å². The number of halogens is 1. The molecular weight excluding hydrogens is 298 g/mol. The number of nitrogens with zero attached hydrogens (tertiary/aromatic N) is 2. The number of nitrogens with one attached hydrogen (secondary N) is 1. The van der Waals surface area contributed by atoms with Gasteiger partial charge in [0.05, 0.1) is 17.4 Å². The van der Waals surface area contributed by atoms with E-state index < -0.39 is 0 Å². The molecule has 5 heteroatoms. The molecule has 1 aromatic carbocycles. The highest BCUT2D eigenvalue weighted by Gasteiger charge is 2.13. The SMILES string of the molecule is CCN(CC)C(=O)c1cncc(Nc2ccc(C)c(Cl)c2)c1. The number of carbonyl (C=O) groups excluding carboxylic acids is 1. The highest BCUT2D eigenvalue weighted by atomic mass is 35.5. The molecule has 0 saturated heterocycles. The van der Waals surface area contributed by atoms with E-state index in [0.717, 1.165) is 16.9 Å². The van der Waals surface area contributed by atoms with Gasteiger partial charge in [-0.15, -0.1) is 0 Å². The fraction of sp³-hybridized carbons (Fsp3) is 0.294. The molecule has 22 heavy (non-hydrogen) atoms. The lowest BCUT2D eigenvalue weighted by atomic mass is 10.2. The van der Waals surface area contributed by atoms with Crippen LogP contribution in [0, 0.1) is 6.92 Å². The van der Waals surface area contributed by atoms with E-state index in [2.05, 4.69) is 10.3 Å². The van der Waals surface area contributed by atoms with E-state index in [1.54, 1.807) is 23.4 Å². The first-order chi connectivity index (χ1) is 10.5. The second kappa shape index (κ2) is 7.27. The molecule has 1 heterocycles. The zero-order valence-corrected chi connectivity index (χ0v) is 13.8. The van der Waals surface area contributed by atoms with E-state index in [9.17, 15) is 4.79 Å². The van der Waals surface area contributed by atoms with Crippen LogP contribution < -0.4 is 5.32 Å². The first-order valence-electron chi connectivity index (χ1n) is 7.32. The van der Waals surface area contributed by atoms with Crippen LogP contribution in [0.5, 0.6) is 0 Å². The van der Waals surface area contributed by atoms with Gasteiger partial charge in [-0.3, -0.25) is 9.78 Å². The van der Waals surface area contributed by atoms with Gasteiger partial charge >= 0.3 is 0 Å². The number of carbonyl (C=O) groups is 1. The predicted molar refractivity (Wildman–Crippen MR) is 91.0 cm³/mol. The Balaban J connectivity index is 2.21. The minimum absolute atomic E-state index is 0.0110. The van der Waals surface area contributed by atoms with Gasteiger partial charge in [-0.05, 0) is 44.5 Å². The topological polar surface area (TPSA) is 45.2 Å². The molecule has 1 aromatic heterocycles. The van der Waals surface area contributed by atoms with Crippen LogP contribution in [0.1, 0.15) is 29.8 Å². The van der Waals surface area contributed by atoms with Gasteiger partial charge in [0.2, 0.25) is 0 Å². The third kappa shape index (κ3) is 3.77. The summed E-state index contributed by atoms with van der Waals surface area (Å²) in [6.07, 6.45) is 3.28. The second-order valence-corrected chi connectivity index (χ2v) is 5.44. The lowest BCUT2D eigenvalue weighted by Gasteiger charge is -2.18. The van der Waals surface area contributed by atoms with Crippen molar-refractivity contribution in [1.82, 2.24) is 9.88 Å². The van der Waals surface area contributed by atoms with Gasteiger partial charge < -0.3 is 10.2 Å². The van der Waals surface area contributed by atoms with Crippen LogP contribution in [0.3, 0.4) is 0 Å². The summed E-state index contributed by atoms with van der Waals surface area (Å²) >= 11 is 6.12. The van der Waals surface area contributed by atoms with Crippen molar-refractivity contribution in [1.29, 1.82) is 0 Å². The average molecular weight is 318 g/mol. The number of aryl methyl sites for hydroxylation is 1. The smallest absolute Gasteiger partial charge is 0.255 e. The lowest BCUT2D eigenvalue weighted by molar-refractivity contribution is 0.0772. The Hall–Kier alpha value is -2.07. The van der Waals surface area contributed by atoms with Gasteiger partial charge in [0.25, 0.3) is 5.91 Å². The Morgan fingerprint density at radius 3 is 2.55 bits per heavy atom. The molecule has 1 amide bonds. The molecule has 0 saturated carbocycles. The summed E-state index contributed by atoms with van der Waals surface area (Å²) in [6.45, 7) is 7.24. The Kier molecular flexibility index (Phi) is 5.39. The minimum Gasteiger partial charge on any atom is -0.354 e. The molecule has 116 valence electrons. The quantitative estimate of drug-likeness (QED) is 0.895. The van der Waals surface area contributed by atoms with Crippen LogP contribution in [0.25, 0.3) is 0 Å². The maximum atomic E-state index is 12.3. The van der Waals surface area contributed by atoms with E-state index in [1.807, 2.05) is 39.0 Å². The molecular formula is C17H20ClN3O. The predicted octanol–water partition coefficient (Wildman–Crippen LogP) is 4.27. The van der Waals surface area contributed by atoms with E-state index >= 15 is 0 Å². The van der Waals surface area contributed by atoms with Gasteiger partial charge in [-0.25, -0.2) is 0 Å². The van der Waals surface area contributed by atoms with Crippen LogP contribution in [0.4, 0.5) is 11.4 Å². The molecule has 0 aliphatic rings. The normalized spacial score (nSPS) is 10.4. The first-order valence-corrected chi connectivity index (χ1v) is 7.70. The van der Waals surface area contributed by atoms with Crippen molar-refractivity contribution < 1.29 is 4.79 Å². The lowest BCUT2D eigenvalue weighted by Crippen LogP contribution is -2.30. The fourth-order valence-electron chi connectivity index (χ4n) is 2.16. The number of anilines is 2. The van der Waals surface area contributed by atoms with Crippen molar-refractivity contribution in [2.24, 2.45) is 0 Å². The number of pyridine rings is 1. The molecule has 2 aromatic rings. The summed E-state index contributed by atoms with van der Waals surface area (Å²) in [7, 11) is 0. The molecule has 0 unspecified atom stereocenters. The van der Waals surface area contributed by atoms with Crippen LogP contribution >= 0.6 is 11.6 Å². The third-order valence-corrected chi connectivity index (χ3v) is 3.90. The highest BCUT2D eigenvalue weighted by Crippen LogP contribution is 2.23. The maximum absolute atomic E-state index is 12.3. The molecule has 0 radical (unpaired) electrons. The second-order valence-electron chi connectivity index (χ2n) is 5.03. The highest BCUT2D eigenvalue weighted by molar-refractivity contribution is 6.31. The summed E-state index contributed by atoms with van der Waals surface area (Å²) in [5, 5.41) is 3.93. The standard InChI is InChI=1S/C17H20ClN3O/c1-4-21(5-2)17(22)13-8-15(11-19-10-13)20-14-7-6-12(3)16(18)9-14/h6-11,20H,4-5H2,1-3H3. The zero-order chi connectivity index (χ0) is 16.1. The Bertz CT molecular complexity index is 669. The van der Waals surface area contributed by atoms with Crippen molar-refractivity contribution in [2.45, 2.75) is 20.8 Å². The Labute approximate surface area is 136 Å². The van der Waals surface area contributed by atoms with Gasteiger partial charge in [-0.1, -0.05) is 17.7 Å². The molecule has 0 spiro atoms. The molecule has 2 rings (SSSR count). The molecule has 4 nitrogen and oxygen atoms in total. The number of rotatable bonds is 5. The van der Waals surface area contributed by atoms with Crippen molar-refractivity contribution in [3.63, 3.8) is 0 Å². The summed E-state index contributed by atoms with van der Waals surface area (Å²) in [4.78, 5) is 18.3. The molecule has 0 aliphatic carbocycles. The van der Waals surface area contributed by atoms with E-state index in [0.29, 0.717) is 23.7 Å². The van der Waals surface area contributed by atoms with Gasteiger partial charge in [0, 0.05) is 30.0 Å². The van der Waals surface area contributed by atoms with Crippen LogP contribution in [-0.4, -0.2) is 28.9 Å². The largest absolute Gasteiger partial charge is 0.354 e. The monoisotopic (exact) mass is 317 g/mol. The van der Waals surface area contributed by atoms with Crippen molar-refractivity contribution in [3.8, 4) is 0 Å². The third-order valence-electron chi connectivity index (χ3n) is 3.50. The average Bonchev–Trinajstić information content (AvgIpc) is 2.52. The zero-order valence-electron chi connectivity index (χ0n) is 13.1. The molecule has 0 atom stereocenters. The summed E-state index contributed by atoms with van der Waals surface area (Å²) in [5.41, 5.74) is 3.23. The summed E-state index contributed by atoms with van der Waals surface area (Å²) in [5.74, 6) is -0.0110. The van der Waals surface area contributed by atoms with Crippen molar-refractivity contribution in [2.75, 3.05) is 18.4 Å². The number of aromatic nitrogens is 1. The van der Waals surface area contributed by atoms with Gasteiger partial charge in [0.15, 0.2) is 0 Å². The number of hydrogen-bond acceptors (Lipinski definition) is 3. The van der Waals surface area contributed by atoms with Gasteiger partial charge in [-0.2, -0.15) is 0 Å². The van der Waals surface area contributed by atoms with E-state index in [-0.39, 0.29) is 5.91 Å². The number of benzene rings is 1. The fourth-order valence-corrected chi connectivity index (χ4v) is 2.34. The summed E-state index contributed by atoms with van der Waals surface area (Å²) in [6, 6.07) is 7.56. The first kappa shape index (κ1) is 16.3. The number of hydrogen-bond donors (Lipinski definition) is 1. The Morgan fingerprint density at radius 1 is 1.18 bits per heavy atom. The van der Waals surface area contributed by atoms with Crippen LogP contribution in [0.2, 0.25) is 5.02 Å². The number of amides is 1. The van der Waals surface area contributed by atoms with Gasteiger partial charge in [0.1, 0.15) is 0 Å². The summed E-state index contributed by atoms with van der Waals surface area (Å²) < 4.78 is 0. The van der Waals surface area contributed by atoms with Crippen LogP contribution in [0.15, 0.2) is 36.7 Å². The maximum Gasteiger partial charge on any atom is 0.255 e. The van der Waals surface area contributed by atoms with Crippen molar-refractivity contribution in [3.05, 3.63) is 52.8 Å². The molecule has 0 aliphatic heterocycles. The van der Waals surface area contributed by atoms with E-state index in [1.165, 1.54) is 0 Å². The minimum atomic E-state index is -0.0110. The molecule has 0 bridgehead atoms. The Morgan fingerprint density at radius 2 is 1.91 bits per heavy atom.